The molecule has 0 saturated heterocycles. The first kappa shape index (κ1) is 12.0. The molecule has 0 unspecified atom stereocenters. The smallest absolute Gasteiger partial charge is 0.292 e. The van der Waals surface area contributed by atoms with Gasteiger partial charge in [0.25, 0.3) is 5.56 Å². The van der Waals surface area contributed by atoms with Gasteiger partial charge in [-0.1, -0.05) is 18.2 Å². The lowest BCUT2D eigenvalue weighted by Crippen LogP contribution is -1.96. The summed E-state index contributed by atoms with van der Waals surface area (Å²) in [5, 5.41) is 13.4. The SMILES string of the molecule is O=c1[nH][nH]c(-c2ccncc2)c1N=Nc1ccccc1. The van der Waals surface area contributed by atoms with Gasteiger partial charge in [0.1, 0.15) is 0 Å². The minimum absolute atomic E-state index is 0.250. The standard InChI is InChI=1S/C14H11N5O/c20-14-13(18-16-11-4-2-1-3-5-11)12(17-19-14)10-6-8-15-9-7-10/h1-9H,(H2,17,19,20). The number of azo groups is 1. The van der Waals surface area contributed by atoms with E-state index in [1.165, 1.54) is 0 Å². The van der Waals surface area contributed by atoms with E-state index in [0.29, 0.717) is 11.4 Å². The van der Waals surface area contributed by atoms with Crippen LogP contribution >= 0.6 is 0 Å². The lowest BCUT2D eigenvalue weighted by Gasteiger charge is -1.97. The molecule has 0 amide bonds. The Morgan fingerprint density at radius 2 is 1.65 bits per heavy atom. The van der Waals surface area contributed by atoms with Gasteiger partial charge in [0.05, 0.1) is 11.4 Å². The van der Waals surface area contributed by atoms with Crippen LogP contribution in [0.25, 0.3) is 11.3 Å². The van der Waals surface area contributed by atoms with Crippen LogP contribution in [-0.2, 0) is 0 Å². The van der Waals surface area contributed by atoms with Crippen LogP contribution in [0.3, 0.4) is 0 Å². The highest BCUT2D eigenvalue weighted by atomic mass is 16.1. The van der Waals surface area contributed by atoms with Crippen LogP contribution in [0.1, 0.15) is 0 Å². The summed E-state index contributed by atoms with van der Waals surface area (Å²) in [5.41, 5.74) is 2.04. The summed E-state index contributed by atoms with van der Waals surface area (Å²) in [6.07, 6.45) is 3.30. The van der Waals surface area contributed by atoms with E-state index in [2.05, 4.69) is 25.4 Å². The number of benzene rings is 1. The molecule has 2 N–H and O–H groups in total. The Kier molecular flexibility index (Phi) is 3.20. The summed E-state index contributed by atoms with van der Waals surface area (Å²) in [4.78, 5) is 15.7. The van der Waals surface area contributed by atoms with Crippen molar-refractivity contribution in [2.75, 3.05) is 0 Å². The van der Waals surface area contributed by atoms with Crippen molar-refractivity contribution in [2.45, 2.75) is 0 Å². The van der Waals surface area contributed by atoms with E-state index >= 15 is 0 Å². The highest BCUT2D eigenvalue weighted by Gasteiger charge is 2.11. The van der Waals surface area contributed by atoms with Gasteiger partial charge in [0, 0.05) is 18.0 Å². The minimum atomic E-state index is -0.309. The van der Waals surface area contributed by atoms with Gasteiger partial charge in [-0.3, -0.25) is 20.0 Å². The van der Waals surface area contributed by atoms with Crippen molar-refractivity contribution in [1.82, 2.24) is 15.2 Å². The van der Waals surface area contributed by atoms with Crippen LogP contribution in [0.2, 0.25) is 0 Å². The Hall–Kier alpha value is -3.02. The highest BCUT2D eigenvalue weighted by Crippen LogP contribution is 2.25. The Morgan fingerprint density at radius 3 is 2.40 bits per heavy atom. The van der Waals surface area contributed by atoms with Gasteiger partial charge in [0.2, 0.25) is 0 Å². The second kappa shape index (κ2) is 5.31. The second-order valence-electron chi connectivity index (χ2n) is 4.07. The minimum Gasteiger partial charge on any atom is -0.295 e. The number of hydrogen-bond acceptors (Lipinski definition) is 4. The molecule has 0 saturated carbocycles. The molecule has 0 aliphatic rings. The fourth-order valence-electron chi connectivity index (χ4n) is 1.78. The molecule has 0 spiro atoms. The first-order valence-corrected chi connectivity index (χ1v) is 6.02. The summed E-state index contributed by atoms with van der Waals surface area (Å²) in [6.45, 7) is 0. The molecule has 3 aromatic rings. The van der Waals surface area contributed by atoms with Crippen molar-refractivity contribution in [3.8, 4) is 11.3 Å². The lowest BCUT2D eigenvalue weighted by molar-refractivity contribution is 1.06. The molecule has 0 bridgehead atoms. The number of H-pyrrole nitrogens is 2. The molecule has 6 nitrogen and oxygen atoms in total. The number of aromatic nitrogens is 3. The van der Waals surface area contributed by atoms with Crippen molar-refractivity contribution >= 4 is 11.4 Å². The molecule has 0 radical (unpaired) electrons. The van der Waals surface area contributed by atoms with Crippen molar-refractivity contribution in [3.63, 3.8) is 0 Å². The molecule has 98 valence electrons. The van der Waals surface area contributed by atoms with Gasteiger partial charge < -0.3 is 0 Å². The Bertz CT molecular complexity index is 774. The zero-order valence-electron chi connectivity index (χ0n) is 10.4. The Balaban J connectivity index is 2.01. The van der Waals surface area contributed by atoms with Crippen LogP contribution in [0.15, 0.2) is 69.9 Å². The fourth-order valence-corrected chi connectivity index (χ4v) is 1.78. The van der Waals surface area contributed by atoms with Gasteiger partial charge >= 0.3 is 0 Å². The van der Waals surface area contributed by atoms with E-state index in [4.69, 9.17) is 0 Å². The van der Waals surface area contributed by atoms with Gasteiger partial charge in [-0.15, -0.1) is 5.11 Å². The molecule has 1 aromatic carbocycles. The summed E-state index contributed by atoms with van der Waals surface area (Å²) in [6, 6.07) is 12.8. The molecule has 3 rings (SSSR count). The normalized spacial score (nSPS) is 11.0. The average Bonchev–Trinajstić information content (AvgIpc) is 2.88. The third-order valence-electron chi connectivity index (χ3n) is 2.74. The quantitative estimate of drug-likeness (QED) is 0.712. The van der Waals surface area contributed by atoms with E-state index in [-0.39, 0.29) is 11.2 Å². The number of nitrogens with one attached hydrogen (secondary N) is 2. The third kappa shape index (κ3) is 2.39. The number of nitrogens with zero attached hydrogens (tertiary/aromatic N) is 3. The third-order valence-corrected chi connectivity index (χ3v) is 2.74. The number of hydrogen-bond donors (Lipinski definition) is 2. The van der Waals surface area contributed by atoms with Crippen LogP contribution in [0.4, 0.5) is 11.4 Å². The molecule has 0 atom stereocenters. The lowest BCUT2D eigenvalue weighted by atomic mass is 10.2. The highest BCUT2D eigenvalue weighted by molar-refractivity contribution is 5.70. The first-order valence-electron chi connectivity index (χ1n) is 6.02. The van der Waals surface area contributed by atoms with E-state index < -0.39 is 0 Å². The first-order chi connectivity index (χ1) is 9.84. The maximum atomic E-state index is 11.8. The van der Waals surface area contributed by atoms with Gasteiger partial charge in [-0.25, -0.2) is 0 Å². The number of pyridine rings is 1. The molecule has 0 aliphatic carbocycles. The predicted molar refractivity (Wildman–Crippen MR) is 75.3 cm³/mol. The number of aromatic amines is 2. The molecule has 2 aromatic heterocycles. The largest absolute Gasteiger partial charge is 0.295 e. The van der Waals surface area contributed by atoms with Crippen molar-refractivity contribution in [2.24, 2.45) is 10.2 Å². The van der Waals surface area contributed by atoms with E-state index in [9.17, 15) is 4.79 Å². The summed E-state index contributed by atoms with van der Waals surface area (Å²) in [5.74, 6) is 0. The van der Waals surface area contributed by atoms with Crippen LogP contribution in [0.5, 0.6) is 0 Å². The molecular weight excluding hydrogens is 254 g/mol. The maximum Gasteiger partial charge on any atom is 0.292 e. The molecular formula is C14H11N5O. The van der Waals surface area contributed by atoms with E-state index in [1.807, 2.05) is 30.3 Å². The molecule has 20 heavy (non-hydrogen) atoms. The summed E-state index contributed by atoms with van der Waals surface area (Å²) in [7, 11) is 0. The van der Waals surface area contributed by atoms with Crippen LogP contribution in [-0.4, -0.2) is 15.2 Å². The Labute approximate surface area is 114 Å². The van der Waals surface area contributed by atoms with Gasteiger partial charge in [-0.05, 0) is 24.3 Å². The second-order valence-corrected chi connectivity index (χ2v) is 4.07. The maximum absolute atomic E-state index is 11.8. The zero-order chi connectivity index (χ0) is 13.8. The fraction of sp³-hybridized carbons (Fsp3) is 0. The molecule has 0 aliphatic heterocycles. The van der Waals surface area contributed by atoms with E-state index in [1.54, 1.807) is 24.5 Å². The molecule has 6 heteroatoms. The average molecular weight is 265 g/mol. The molecule has 0 fully saturated rings. The molecule has 2 heterocycles. The number of rotatable bonds is 3. The predicted octanol–water partition coefficient (Wildman–Crippen LogP) is 3.18. The van der Waals surface area contributed by atoms with Crippen LogP contribution in [0, 0.1) is 0 Å². The van der Waals surface area contributed by atoms with Crippen molar-refractivity contribution in [3.05, 3.63) is 65.2 Å². The van der Waals surface area contributed by atoms with Crippen molar-refractivity contribution < 1.29 is 0 Å². The van der Waals surface area contributed by atoms with Crippen molar-refractivity contribution in [1.29, 1.82) is 0 Å². The monoisotopic (exact) mass is 265 g/mol. The van der Waals surface area contributed by atoms with E-state index in [0.717, 1.165) is 5.56 Å². The summed E-state index contributed by atoms with van der Waals surface area (Å²) < 4.78 is 0. The topological polar surface area (TPSA) is 86.3 Å². The zero-order valence-corrected chi connectivity index (χ0v) is 10.4. The van der Waals surface area contributed by atoms with Gasteiger partial charge in [-0.2, -0.15) is 5.11 Å². The Morgan fingerprint density at radius 1 is 0.900 bits per heavy atom. The van der Waals surface area contributed by atoms with Gasteiger partial charge in [0.15, 0.2) is 5.69 Å². The van der Waals surface area contributed by atoms with Crippen LogP contribution < -0.4 is 5.56 Å². The summed E-state index contributed by atoms with van der Waals surface area (Å²) >= 11 is 0.